The number of benzene rings is 1. The number of thiophene rings is 1. The van der Waals surface area contributed by atoms with Crippen LogP contribution in [0.4, 0.5) is 0 Å². The zero-order valence-corrected chi connectivity index (χ0v) is 16.6. The summed E-state index contributed by atoms with van der Waals surface area (Å²) in [5.74, 6) is 0.382. The summed E-state index contributed by atoms with van der Waals surface area (Å²) in [6.07, 6.45) is 2.03. The number of nitrogens with zero attached hydrogens (tertiary/aromatic N) is 1. The van der Waals surface area contributed by atoms with Gasteiger partial charge in [0, 0.05) is 18.1 Å². The van der Waals surface area contributed by atoms with Gasteiger partial charge < -0.3 is 0 Å². The summed E-state index contributed by atoms with van der Waals surface area (Å²) in [4.78, 5) is 2.71. The summed E-state index contributed by atoms with van der Waals surface area (Å²) in [6.45, 7) is 5.29. The van der Waals surface area contributed by atoms with Crippen LogP contribution in [0.5, 0.6) is 0 Å². The molecule has 1 aromatic heterocycles. The van der Waals surface area contributed by atoms with E-state index in [4.69, 9.17) is 11.6 Å². The van der Waals surface area contributed by atoms with Crippen LogP contribution in [0.25, 0.3) is 0 Å². The topological polar surface area (TPSA) is 49.4 Å². The zero-order valence-electron chi connectivity index (χ0n) is 14.2. The van der Waals surface area contributed by atoms with E-state index in [1.807, 2.05) is 0 Å². The Kier molecular flexibility index (Phi) is 6.17. The summed E-state index contributed by atoms with van der Waals surface area (Å²) in [7, 11) is -3.51. The Balaban J connectivity index is 1.51. The van der Waals surface area contributed by atoms with Crippen LogP contribution in [0.3, 0.4) is 0 Å². The molecule has 0 aliphatic carbocycles. The predicted molar refractivity (Wildman–Crippen MR) is 104 cm³/mol. The lowest BCUT2D eigenvalue weighted by Crippen LogP contribution is -2.38. The van der Waals surface area contributed by atoms with Gasteiger partial charge in [-0.2, -0.15) is 11.3 Å². The van der Waals surface area contributed by atoms with Crippen LogP contribution in [0, 0.1) is 12.8 Å². The van der Waals surface area contributed by atoms with Gasteiger partial charge in [-0.25, -0.2) is 13.1 Å². The SMILES string of the molecule is Cc1ccc(Cl)cc1S(=O)(=O)NCC1CCN(Cc2ccsc2)CC1. The molecule has 25 heavy (non-hydrogen) atoms. The lowest BCUT2D eigenvalue weighted by molar-refractivity contribution is 0.179. The molecule has 2 heterocycles. The van der Waals surface area contributed by atoms with Crippen LogP contribution in [-0.2, 0) is 16.6 Å². The molecule has 136 valence electrons. The van der Waals surface area contributed by atoms with E-state index in [1.54, 1.807) is 30.4 Å². The second-order valence-electron chi connectivity index (χ2n) is 6.61. The van der Waals surface area contributed by atoms with Gasteiger partial charge in [0.25, 0.3) is 0 Å². The molecule has 4 nitrogen and oxygen atoms in total. The smallest absolute Gasteiger partial charge is 0.240 e. The lowest BCUT2D eigenvalue weighted by atomic mass is 9.97. The van der Waals surface area contributed by atoms with E-state index in [2.05, 4.69) is 26.4 Å². The van der Waals surface area contributed by atoms with E-state index in [1.165, 1.54) is 11.6 Å². The molecule has 1 fully saturated rings. The van der Waals surface area contributed by atoms with Gasteiger partial charge in [0.15, 0.2) is 0 Å². The van der Waals surface area contributed by atoms with E-state index in [9.17, 15) is 8.42 Å². The number of rotatable bonds is 6. The third-order valence-corrected chi connectivity index (χ3v) is 7.23. The Labute approximate surface area is 158 Å². The highest BCUT2D eigenvalue weighted by Gasteiger charge is 2.23. The molecule has 0 radical (unpaired) electrons. The highest BCUT2D eigenvalue weighted by atomic mass is 35.5. The summed E-state index contributed by atoms with van der Waals surface area (Å²) < 4.78 is 27.9. The van der Waals surface area contributed by atoms with Crippen LogP contribution in [0.15, 0.2) is 39.9 Å². The minimum Gasteiger partial charge on any atom is -0.299 e. The van der Waals surface area contributed by atoms with Crippen molar-refractivity contribution in [3.05, 3.63) is 51.2 Å². The normalized spacial score (nSPS) is 17.0. The van der Waals surface area contributed by atoms with Crippen molar-refractivity contribution >= 4 is 33.0 Å². The van der Waals surface area contributed by atoms with Crippen molar-refractivity contribution in [2.24, 2.45) is 5.92 Å². The number of likely N-dealkylation sites (tertiary alicyclic amines) is 1. The van der Waals surface area contributed by atoms with E-state index >= 15 is 0 Å². The number of halogens is 1. The maximum absolute atomic E-state index is 12.5. The average molecular weight is 399 g/mol. The molecule has 0 spiro atoms. The largest absolute Gasteiger partial charge is 0.299 e. The molecule has 0 atom stereocenters. The van der Waals surface area contributed by atoms with Crippen molar-refractivity contribution < 1.29 is 8.42 Å². The zero-order chi connectivity index (χ0) is 17.9. The van der Waals surface area contributed by atoms with Crippen LogP contribution in [-0.4, -0.2) is 33.0 Å². The molecule has 0 unspecified atom stereocenters. The van der Waals surface area contributed by atoms with Crippen molar-refractivity contribution in [3.63, 3.8) is 0 Å². The molecule has 1 N–H and O–H groups in total. The number of piperidine rings is 1. The van der Waals surface area contributed by atoms with Crippen molar-refractivity contribution in [2.75, 3.05) is 19.6 Å². The van der Waals surface area contributed by atoms with Crippen molar-refractivity contribution in [1.29, 1.82) is 0 Å². The molecule has 0 saturated carbocycles. The highest BCUT2D eigenvalue weighted by molar-refractivity contribution is 7.89. The summed E-state index contributed by atoms with van der Waals surface area (Å²) in [5, 5.41) is 4.73. The van der Waals surface area contributed by atoms with E-state index in [-0.39, 0.29) is 4.90 Å². The summed E-state index contributed by atoms with van der Waals surface area (Å²) in [6, 6.07) is 7.12. The Morgan fingerprint density at radius 2 is 2.04 bits per heavy atom. The Morgan fingerprint density at radius 1 is 1.28 bits per heavy atom. The molecule has 1 aromatic carbocycles. The fraction of sp³-hybridized carbons (Fsp3) is 0.444. The Bertz CT molecular complexity index is 798. The van der Waals surface area contributed by atoms with Gasteiger partial charge in [-0.1, -0.05) is 17.7 Å². The number of sulfonamides is 1. The van der Waals surface area contributed by atoms with Gasteiger partial charge in [-0.05, 0) is 78.9 Å². The van der Waals surface area contributed by atoms with Gasteiger partial charge in [0.2, 0.25) is 10.0 Å². The van der Waals surface area contributed by atoms with Gasteiger partial charge >= 0.3 is 0 Å². The van der Waals surface area contributed by atoms with Crippen LogP contribution < -0.4 is 4.72 Å². The molecule has 3 rings (SSSR count). The average Bonchev–Trinajstić information content (AvgIpc) is 3.09. The van der Waals surface area contributed by atoms with Crippen LogP contribution >= 0.6 is 22.9 Å². The minimum absolute atomic E-state index is 0.273. The van der Waals surface area contributed by atoms with Crippen molar-refractivity contribution in [1.82, 2.24) is 9.62 Å². The molecule has 0 bridgehead atoms. The molecular weight excluding hydrogens is 376 g/mol. The molecule has 7 heteroatoms. The third-order valence-electron chi connectivity index (χ3n) is 4.70. The first-order valence-corrected chi connectivity index (χ1v) is 11.2. The van der Waals surface area contributed by atoms with Crippen LogP contribution in [0.1, 0.15) is 24.0 Å². The third kappa shape index (κ3) is 5.05. The molecule has 2 aromatic rings. The highest BCUT2D eigenvalue weighted by Crippen LogP contribution is 2.22. The molecule has 1 aliphatic heterocycles. The van der Waals surface area contributed by atoms with Gasteiger partial charge in [0.1, 0.15) is 0 Å². The first kappa shape index (κ1) is 18.9. The molecule has 1 saturated heterocycles. The van der Waals surface area contributed by atoms with E-state index in [0.29, 0.717) is 23.0 Å². The van der Waals surface area contributed by atoms with Gasteiger partial charge in [0.05, 0.1) is 4.90 Å². The second-order valence-corrected chi connectivity index (χ2v) is 9.56. The maximum Gasteiger partial charge on any atom is 0.240 e. The second kappa shape index (κ2) is 8.18. The summed E-state index contributed by atoms with van der Waals surface area (Å²) >= 11 is 7.68. The Hall–Kier alpha value is -0.920. The van der Waals surface area contributed by atoms with Gasteiger partial charge in [-0.3, -0.25) is 4.90 Å². The van der Waals surface area contributed by atoms with Crippen LogP contribution in [0.2, 0.25) is 5.02 Å². The predicted octanol–water partition coefficient (Wildman–Crippen LogP) is 3.90. The van der Waals surface area contributed by atoms with Gasteiger partial charge in [-0.15, -0.1) is 0 Å². The monoisotopic (exact) mass is 398 g/mol. The standard InChI is InChI=1S/C18H23ClN2O2S2/c1-14-2-3-17(19)10-18(14)25(22,23)20-11-15-4-7-21(8-5-15)12-16-6-9-24-13-16/h2-3,6,9-10,13,15,20H,4-5,7-8,11-12H2,1H3. The van der Waals surface area contributed by atoms with Crippen molar-refractivity contribution in [3.8, 4) is 0 Å². The lowest BCUT2D eigenvalue weighted by Gasteiger charge is -2.31. The number of hydrogen-bond donors (Lipinski definition) is 1. The maximum atomic E-state index is 12.5. The fourth-order valence-electron chi connectivity index (χ4n) is 3.16. The Morgan fingerprint density at radius 3 is 2.72 bits per heavy atom. The first-order chi connectivity index (χ1) is 11.9. The quantitative estimate of drug-likeness (QED) is 0.802. The summed E-state index contributed by atoms with van der Waals surface area (Å²) in [5.41, 5.74) is 2.07. The first-order valence-electron chi connectivity index (χ1n) is 8.43. The molecule has 0 amide bonds. The number of nitrogens with one attached hydrogen (secondary N) is 1. The van der Waals surface area contributed by atoms with E-state index < -0.39 is 10.0 Å². The fourth-order valence-corrected chi connectivity index (χ4v) is 5.44. The minimum atomic E-state index is -3.51. The molecule has 1 aliphatic rings. The van der Waals surface area contributed by atoms with Crippen molar-refractivity contribution in [2.45, 2.75) is 31.2 Å². The number of aryl methyl sites for hydroxylation is 1. The van der Waals surface area contributed by atoms with E-state index in [0.717, 1.165) is 32.5 Å². The number of hydrogen-bond acceptors (Lipinski definition) is 4. The molecular formula is C18H23ClN2O2S2.